The summed E-state index contributed by atoms with van der Waals surface area (Å²) in [6.07, 6.45) is 1.34. The second kappa shape index (κ2) is 7.72. The Balaban J connectivity index is 2.79. The first-order valence-electron chi connectivity index (χ1n) is 6.69. The number of hydrogen-bond donors (Lipinski definition) is 0. The van der Waals surface area contributed by atoms with Crippen LogP contribution < -0.4 is 0 Å². The summed E-state index contributed by atoms with van der Waals surface area (Å²) < 4.78 is 4.65. The molecule has 0 saturated carbocycles. The van der Waals surface area contributed by atoms with E-state index in [1.54, 1.807) is 0 Å². The quantitative estimate of drug-likeness (QED) is 0.708. The van der Waals surface area contributed by atoms with Crippen LogP contribution in [0.2, 0.25) is 0 Å². The van der Waals surface area contributed by atoms with Gasteiger partial charge in [0.2, 0.25) is 0 Å². The highest BCUT2D eigenvalue weighted by molar-refractivity contribution is 5.86. The highest BCUT2D eigenvalue weighted by Crippen LogP contribution is 2.25. The van der Waals surface area contributed by atoms with Crippen LogP contribution in [0.4, 0.5) is 0 Å². The monoisotopic (exact) mass is 262 g/mol. The summed E-state index contributed by atoms with van der Waals surface area (Å²) in [7, 11) is 1.37. The SMILES string of the molecule is COC(=O)CC[C@H](C(=O)CC(C)C)c1ccccc1. The van der Waals surface area contributed by atoms with Crippen LogP contribution in [0.25, 0.3) is 0 Å². The zero-order valence-corrected chi connectivity index (χ0v) is 11.9. The maximum Gasteiger partial charge on any atom is 0.305 e. The summed E-state index contributed by atoms with van der Waals surface area (Å²) in [4.78, 5) is 23.6. The van der Waals surface area contributed by atoms with Crippen molar-refractivity contribution in [3.8, 4) is 0 Å². The number of rotatable bonds is 7. The van der Waals surface area contributed by atoms with Crippen LogP contribution in [0.5, 0.6) is 0 Å². The molecule has 0 amide bonds. The van der Waals surface area contributed by atoms with Gasteiger partial charge in [0.05, 0.1) is 7.11 Å². The molecule has 0 aliphatic carbocycles. The van der Waals surface area contributed by atoms with Crippen molar-refractivity contribution in [1.82, 2.24) is 0 Å². The van der Waals surface area contributed by atoms with E-state index in [1.165, 1.54) is 7.11 Å². The Morgan fingerprint density at radius 1 is 1.16 bits per heavy atom. The molecule has 0 N–H and O–H groups in total. The van der Waals surface area contributed by atoms with E-state index in [4.69, 9.17) is 0 Å². The average Bonchev–Trinajstić information content (AvgIpc) is 2.39. The van der Waals surface area contributed by atoms with E-state index in [1.807, 2.05) is 44.2 Å². The minimum Gasteiger partial charge on any atom is -0.469 e. The standard InChI is InChI=1S/C16H22O3/c1-12(2)11-15(17)14(9-10-16(18)19-3)13-7-5-4-6-8-13/h4-8,12,14H,9-11H2,1-3H3/t14-/m0/s1. The van der Waals surface area contributed by atoms with Gasteiger partial charge in [-0.1, -0.05) is 44.2 Å². The fourth-order valence-corrected chi connectivity index (χ4v) is 2.11. The van der Waals surface area contributed by atoms with Gasteiger partial charge in [0, 0.05) is 18.8 Å². The average molecular weight is 262 g/mol. The number of carbonyl (C=O) groups excluding carboxylic acids is 2. The summed E-state index contributed by atoms with van der Waals surface area (Å²) in [5.41, 5.74) is 0.983. The molecule has 1 aromatic carbocycles. The molecule has 0 saturated heterocycles. The lowest BCUT2D eigenvalue weighted by molar-refractivity contribution is -0.140. The van der Waals surface area contributed by atoms with Gasteiger partial charge in [-0.2, -0.15) is 0 Å². The zero-order valence-electron chi connectivity index (χ0n) is 11.9. The van der Waals surface area contributed by atoms with Gasteiger partial charge in [-0.15, -0.1) is 0 Å². The molecule has 0 aromatic heterocycles. The van der Waals surface area contributed by atoms with Gasteiger partial charge in [-0.05, 0) is 17.9 Å². The Kier molecular flexibility index (Phi) is 6.26. The first-order chi connectivity index (χ1) is 9.04. The van der Waals surface area contributed by atoms with Crippen LogP contribution in [-0.2, 0) is 14.3 Å². The molecule has 3 nitrogen and oxygen atoms in total. The molecule has 1 rings (SSSR count). The third kappa shape index (κ3) is 5.25. The van der Waals surface area contributed by atoms with Gasteiger partial charge >= 0.3 is 5.97 Å². The molecular weight excluding hydrogens is 240 g/mol. The van der Waals surface area contributed by atoms with E-state index in [2.05, 4.69) is 4.74 Å². The predicted octanol–water partition coefficient (Wildman–Crippen LogP) is 3.34. The second-order valence-corrected chi connectivity index (χ2v) is 5.14. The minimum absolute atomic E-state index is 0.199. The number of esters is 1. The van der Waals surface area contributed by atoms with Crippen LogP contribution in [0, 0.1) is 5.92 Å². The lowest BCUT2D eigenvalue weighted by atomic mass is 9.86. The van der Waals surface area contributed by atoms with Crippen molar-refractivity contribution in [2.75, 3.05) is 7.11 Å². The third-order valence-corrected chi connectivity index (χ3v) is 3.06. The topological polar surface area (TPSA) is 43.4 Å². The van der Waals surface area contributed by atoms with Crippen LogP contribution in [0.1, 0.15) is 44.6 Å². The Labute approximate surface area is 115 Å². The molecule has 0 aliphatic rings. The molecule has 19 heavy (non-hydrogen) atoms. The Bertz CT molecular complexity index is 409. The van der Waals surface area contributed by atoms with Crippen molar-refractivity contribution < 1.29 is 14.3 Å². The fraction of sp³-hybridized carbons (Fsp3) is 0.500. The number of hydrogen-bond acceptors (Lipinski definition) is 3. The molecule has 1 atom stereocenters. The third-order valence-electron chi connectivity index (χ3n) is 3.06. The highest BCUT2D eigenvalue weighted by atomic mass is 16.5. The molecule has 1 aromatic rings. The van der Waals surface area contributed by atoms with Crippen LogP contribution in [-0.4, -0.2) is 18.9 Å². The van der Waals surface area contributed by atoms with Crippen molar-refractivity contribution in [3.63, 3.8) is 0 Å². The van der Waals surface area contributed by atoms with Crippen molar-refractivity contribution in [2.24, 2.45) is 5.92 Å². The number of methoxy groups -OCH3 is 1. The summed E-state index contributed by atoms with van der Waals surface area (Å²) in [6, 6.07) is 9.65. The largest absolute Gasteiger partial charge is 0.469 e. The summed E-state index contributed by atoms with van der Waals surface area (Å²) in [5.74, 6) is 0.0583. The zero-order chi connectivity index (χ0) is 14.3. The molecular formula is C16H22O3. The number of ketones is 1. The molecule has 0 bridgehead atoms. The normalized spacial score (nSPS) is 12.2. The Morgan fingerprint density at radius 3 is 2.32 bits per heavy atom. The van der Waals surface area contributed by atoms with E-state index in [-0.39, 0.29) is 24.1 Å². The van der Waals surface area contributed by atoms with Crippen LogP contribution in [0.3, 0.4) is 0 Å². The molecule has 0 aliphatic heterocycles. The summed E-state index contributed by atoms with van der Waals surface area (Å²) in [5, 5.41) is 0. The van der Waals surface area contributed by atoms with Crippen LogP contribution in [0.15, 0.2) is 30.3 Å². The molecule has 0 spiro atoms. The Hall–Kier alpha value is -1.64. The van der Waals surface area contributed by atoms with Gasteiger partial charge in [0.15, 0.2) is 0 Å². The number of carbonyl (C=O) groups is 2. The van der Waals surface area contributed by atoms with Gasteiger partial charge in [0.1, 0.15) is 5.78 Å². The first kappa shape index (κ1) is 15.4. The van der Waals surface area contributed by atoms with Gasteiger partial charge in [0.25, 0.3) is 0 Å². The molecule has 0 radical (unpaired) electrons. The smallest absolute Gasteiger partial charge is 0.305 e. The second-order valence-electron chi connectivity index (χ2n) is 5.14. The summed E-state index contributed by atoms with van der Waals surface area (Å²) >= 11 is 0. The van der Waals surface area contributed by atoms with E-state index in [0.29, 0.717) is 18.8 Å². The summed E-state index contributed by atoms with van der Waals surface area (Å²) in [6.45, 7) is 4.06. The maximum atomic E-state index is 12.3. The number of Topliss-reactive ketones (excluding diaryl/α,β-unsaturated/α-hetero) is 1. The van der Waals surface area contributed by atoms with E-state index < -0.39 is 0 Å². The Morgan fingerprint density at radius 2 is 1.79 bits per heavy atom. The van der Waals surface area contributed by atoms with E-state index >= 15 is 0 Å². The lowest BCUT2D eigenvalue weighted by Gasteiger charge is -2.17. The fourth-order valence-electron chi connectivity index (χ4n) is 2.11. The minimum atomic E-state index is -0.265. The van der Waals surface area contributed by atoms with E-state index in [0.717, 1.165) is 5.56 Å². The molecule has 0 heterocycles. The van der Waals surface area contributed by atoms with Crippen LogP contribution >= 0.6 is 0 Å². The first-order valence-corrected chi connectivity index (χ1v) is 6.69. The van der Waals surface area contributed by atoms with Gasteiger partial charge in [-0.25, -0.2) is 0 Å². The lowest BCUT2D eigenvalue weighted by Crippen LogP contribution is -2.16. The maximum absolute atomic E-state index is 12.3. The molecule has 3 heteroatoms. The van der Waals surface area contributed by atoms with E-state index in [9.17, 15) is 9.59 Å². The van der Waals surface area contributed by atoms with Crippen molar-refractivity contribution in [1.29, 1.82) is 0 Å². The molecule has 0 unspecified atom stereocenters. The molecule has 0 fully saturated rings. The number of benzene rings is 1. The van der Waals surface area contributed by atoms with Gasteiger partial charge < -0.3 is 4.74 Å². The van der Waals surface area contributed by atoms with Gasteiger partial charge in [-0.3, -0.25) is 9.59 Å². The predicted molar refractivity (Wildman–Crippen MR) is 74.9 cm³/mol. The number of ether oxygens (including phenoxy) is 1. The van der Waals surface area contributed by atoms with Crippen molar-refractivity contribution in [3.05, 3.63) is 35.9 Å². The molecule has 104 valence electrons. The highest BCUT2D eigenvalue weighted by Gasteiger charge is 2.22. The van der Waals surface area contributed by atoms with Crippen molar-refractivity contribution in [2.45, 2.75) is 39.0 Å². The van der Waals surface area contributed by atoms with Crippen molar-refractivity contribution >= 4 is 11.8 Å².